The summed E-state index contributed by atoms with van der Waals surface area (Å²) in [6.07, 6.45) is -0.291. The number of ether oxygens (including phenoxy) is 4. The van der Waals surface area contributed by atoms with Gasteiger partial charge in [0.2, 0.25) is 0 Å². The fourth-order valence-electron chi connectivity index (χ4n) is 6.17. The highest BCUT2D eigenvalue weighted by Crippen LogP contribution is 2.33. The lowest BCUT2D eigenvalue weighted by Crippen LogP contribution is -2.72. The third-order valence-corrected chi connectivity index (χ3v) is 8.56. The second-order valence-electron chi connectivity index (χ2n) is 12.0. The molecule has 0 aliphatic carbocycles. The van der Waals surface area contributed by atoms with Crippen LogP contribution in [0.3, 0.4) is 0 Å². The van der Waals surface area contributed by atoms with E-state index in [1.54, 1.807) is 0 Å². The zero-order chi connectivity index (χ0) is 31.3. The summed E-state index contributed by atoms with van der Waals surface area (Å²) in [4.78, 5) is 0. The highest BCUT2D eigenvalue weighted by atomic mass is 16.6. The van der Waals surface area contributed by atoms with Crippen LogP contribution in [0.15, 0.2) is 152 Å². The van der Waals surface area contributed by atoms with Crippen molar-refractivity contribution in [2.45, 2.75) is 56.7 Å². The van der Waals surface area contributed by atoms with Gasteiger partial charge in [0.15, 0.2) is 0 Å². The zero-order valence-corrected chi connectivity index (χ0v) is 26.2. The van der Waals surface area contributed by atoms with Crippen LogP contribution in [0.25, 0.3) is 0 Å². The van der Waals surface area contributed by atoms with Crippen molar-refractivity contribution in [3.05, 3.63) is 179 Å². The van der Waals surface area contributed by atoms with Crippen molar-refractivity contribution in [3.8, 4) is 0 Å². The molecule has 4 atom stereocenters. The van der Waals surface area contributed by atoms with Crippen molar-refractivity contribution >= 4 is 0 Å². The number of piperidine rings is 1. The van der Waals surface area contributed by atoms with Gasteiger partial charge in [-0.25, -0.2) is 0 Å². The van der Waals surface area contributed by atoms with Crippen molar-refractivity contribution in [1.82, 2.24) is 5.32 Å². The van der Waals surface area contributed by atoms with Crippen LogP contribution < -0.4 is 5.32 Å². The summed E-state index contributed by atoms with van der Waals surface area (Å²) in [7, 11) is 0. The van der Waals surface area contributed by atoms with Crippen LogP contribution in [0.1, 0.15) is 27.8 Å². The molecule has 1 aliphatic rings. The minimum absolute atomic E-state index is 0.247. The Morgan fingerprint density at radius 1 is 0.478 bits per heavy atom. The van der Waals surface area contributed by atoms with E-state index in [1.807, 2.05) is 72.8 Å². The standard InChI is InChI=1S/C41H43NO4/c1-6-16-33(17-7-1)26-41(32-43-28-34-18-8-2-9-19-34)40(46-31-37-24-14-5-15-25-37)39(45-30-36-22-12-4-13-23-36)38(27-42-41)44-29-35-20-10-3-11-21-35/h1-25,38-40,42H,26-32H2/t38-,39+,40-,41-/m0/s1. The van der Waals surface area contributed by atoms with Gasteiger partial charge in [0.25, 0.3) is 0 Å². The summed E-state index contributed by atoms with van der Waals surface area (Å²) in [6.45, 7) is 2.92. The molecule has 0 radical (unpaired) electrons. The molecule has 0 saturated carbocycles. The van der Waals surface area contributed by atoms with Gasteiger partial charge in [0, 0.05) is 6.54 Å². The molecule has 1 fully saturated rings. The van der Waals surface area contributed by atoms with Gasteiger partial charge in [0.1, 0.15) is 12.2 Å². The van der Waals surface area contributed by atoms with Crippen LogP contribution in [0.5, 0.6) is 0 Å². The molecule has 0 unspecified atom stereocenters. The molecule has 236 valence electrons. The van der Waals surface area contributed by atoms with Crippen molar-refractivity contribution in [2.24, 2.45) is 0 Å². The van der Waals surface area contributed by atoms with Crippen LogP contribution in [0.2, 0.25) is 0 Å². The summed E-state index contributed by atoms with van der Waals surface area (Å²) in [6, 6.07) is 51.8. The van der Waals surface area contributed by atoms with E-state index in [9.17, 15) is 0 Å². The van der Waals surface area contributed by atoms with Crippen molar-refractivity contribution in [3.63, 3.8) is 0 Å². The molecule has 1 saturated heterocycles. The summed E-state index contributed by atoms with van der Waals surface area (Å²) >= 11 is 0. The van der Waals surface area contributed by atoms with Crippen LogP contribution in [-0.2, 0) is 51.8 Å². The average molecular weight is 614 g/mol. The number of rotatable bonds is 15. The van der Waals surface area contributed by atoms with Gasteiger partial charge in [-0.1, -0.05) is 152 Å². The Morgan fingerprint density at radius 2 is 0.891 bits per heavy atom. The predicted octanol–water partition coefficient (Wildman–Crippen LogP) is 7.54. The van der Waals surface area contributed by atoms with Gasteiger partial charge in [-0.3, -0.25) is 0 Å². The van der Waals surface area contributed by atoms with E-state index < -0.39 is 5.54 Å². The molecule has 5 aromatic carbocycles. The minimum Gasteiger partial charge on any atom is -0.375 e. The zero-order valence-electron chi connectivity index (χ0n) is 26.2. The summed E-state index contributed by atoms with van der Waals surface area (Å²) in [5.41, 5.74) is 5.10. The number of hydrogen-bond acceptors (Lipinski definition) is 5. The topological polar surface area (TPSA) is 49.0 Å². The molecule has 5 heteroatoms. The summed E-state index contributed by atoms with van der Waals surface area (Å²) in [5.74, 6) is 0. The van der Waals surface area contributed by atoms with Gasteiger partial charge in [-0.15, -0.1) is 0 Å². The first-order valence-corrected chi connectivity index (χ1v) is 16.1. The molecule has 5 nitrogen and oxygen atoms in total. The fraction of sp³-hybridized carbons (Fsp3) is 0.268. The fourth-order valence-corrected chi connectivity index (χ4v) is 6.17. The van der Waals surface area contributed by atoms with E-state index in [2.05, 4.69) is 84.2 Å². The SMILES string of the molecule is c1ccc(COC[C@]2(Cc3ccccc3)NC[C@H](OCc3ccccc3)[C@@H](OCc3ccccc3)[C@@H]2OCc2ccccc2)cc1. The van der Waals surface area contributed by atoms with Gasteiger partial charge in [-0.05, 0) is 34.2 Å². The lowest BCUT2D eigenvalue weighted by Gasteiger charge is -2.51. The van der Waals surface area contributed by atoms with E-state index in [1.165, 1.54) is 5.56 Å². The van der Waals surface area contributed by atoms with Gasteiger partial charge in [0.05, 0.1) is 44.7 Å². The maximum absolute atomic E-state index is 7.00. The average Bonchev–Trinajstić information content (AvgIpc) is 3.12. The third kappa shape index (κ3) is 8.79. The van der Waals surface area contributed by atoms with Crippen molar-refractivity contribution < 1.29 is 18.9 Å². The van der Waals surface area contributed by atoms with Gasteiger partial charge < -0.3 is 24.3 Å². The first kappa shape index (κ1) is 31.9. The summed E-state index contributed by atoms with van der Waals surface area (Å²) in [5, 5.41) is 3.91. The second-order valence-corrected chi connectivity index (χ2v) is 12.0. The van der Waals surface area contributed by atoms with E-state index in [0.717, 1.165) is 22.3 Å². The molecule has 1 aliphatic heterocycles. The van der Waals surface area contributed by atoms with Crippen LogP contribution in [0.4, 0.5) is 0 Å². The molecular weight excluding hydrogens is 570 g/mol. The molecule has 0 amide bonds. The van der Waals surface area contributed by atoms with E-state index in [4.69, 9.17) is 18.9 Å². The van der Waals surface area contributed by atoms with Crippen LogP contribution >= 0.6 is 0 Å². The molecule has 0 bridgehead atoms. The second kappa shape index (κ2) is 16.5. The maximum atomic E-state index is 7.00. The van der Waals surface area contributed by atoms with E-state index >= 15 is 0 Å². The van der Waals surface area contributed by atoms with Gasteiger partial charge in [-0.2, -0.15) is 0 Å². The number of benzene rings is 5. The predicted molar refractivity (Wildman–Crippen MR) is 182 cm³/mol. The maximum Gasteiger partial charge on any atom is 0.113 e. The highest BCUT2D eigenvalue weighted by molar-refractivity contribution is 5.23. The Bertz CT molecular complexity index is 1550. The Labute approximate surface area is 273 Å². The molecule has 1 heterocycles. The largest absolute Gasteiger partial charge is 0.375 e. The highest BCUT2D eigenvalue weighted by Gasteiger charge is 2.52. The van der Waals surface area contributed by atoms with E-state index in [0.29, 0.717) is 46.0 Å². The molecule has 46 heavy (non-hydrogen) atoms. The molecule has 0 aromatic heterocycles. The van der Waals surface area contributed by atoms with Crippen molar-refractivity contribution in [2.75, 3.05) is 13.2 Å². The van der Waals surface area contributed by atoms with Crippen molar-refractivity contribution in [1.29, 1.82) is 0 Å². The Balaban J connectivity index is 1.33. The Morgan fingerprint density at radius 3 is 1.39 bits per heavy atom. The normalized spacial score (nSPS) is 21.2. The first-order valence-electron chi connectivity index (χ1n) is 16.1. The first-order chi connectivity index (χ1) is 22.8. The lowest BCUT2D eigenvalue weighted by molar-refractivity contribution is -0.204. The Kier molecular flexibility index (Phi) is 11.4. The Hall–Kier alpha value is -4.10. The number of hydrogen-bond donors (Lipinski definition) is 1. The van der Waals surface area contributed by atoms with Crippen LogP contribution in [-0.4, -0.2) is 37.0 Å². The van der Waals surface area contributed by atoms with Gasteiger partial charge >= 0.3 is 0 Å². The summed E-state index contributed by atoms with van der Waals surface area (Å²) < 4.78 is 27.1. The minimum atomic E-state index is -0.584. The molecule has 0 spiro atoms. The third-order valence-electron chi connectivity index (χ3n) is 8.56. The van der Waals surface area contributed by atoms with E-state index in [-0.39, 0.29) is 18.3 Å². The number of nitrogens with one attached hydrogen (secondary N) is 1. The smallest absolute Gasteiger partial charge is 0.113 e. The lowest BCUT2D eigenvalue weighted by atomic mass is 9.78. The monoisotopic (exact) mass is 613 g/mol. The molecular formula is C41H43NO4. The van der Waals surface area contributed by atoms with Crippen LogP contribution in [0, 0.1) is 0 Å². The molecule has 6 rings (SSSR count). The molecule has 1 N–H and O–H groups in total. The molecule has 5 aromatic rings. The quantitative estimate of drug-likeness (QED) is 0.132.